The van der Waals surface area contributed by atoms with Crippen LogP contribution in [0.1, 0.15) is 49.9 Å². The molecule has 0 bridgehead atoms. The Bertz CT molecular complexity index is 417. The van der Waals surface area contributed by atoms with Crippen molar-refractivity contribution >= 4 is 27.5 Å². The van der Waals surface area contributed by atoms with E-state index >= 15 is 0 Å². The predicted molar refractivity (Wildman–Crippen MR) is 89.5 cm³/mol. The molecule has 1 aromatic carbocycles. The van der Waals surface area contributed by atoms with Gasteiger partial charge in [-0.1, -0.05) is 60.3 Å². The van der Waals surface area contributed by atoms with Gasteiger partial charge in [-0.2, -0.15) is 0 Å². The Morgan fingerprint density at radius 3 is 2.15 bits per heavy atom. The lowest BCUT2D eigenvalue weighted by atomic mass is 9.90. The number of hydrogen-bond donors (Lipinski definition) is 0. The van der Waals surface area contributed by atoms with Gasteiger partial charge in [0.1, 0.15) is 16.5 Å². The predicted octanol–water partition coefficient (Wildman–Crippen LogP) is 6.01. The van der Waals surface area contributed by atoms with Crippen molar-refractivity contribution in [2.75, 3.05) is 14.2 Å². The minimum atomic E-state index is 0.251. The van der Waals surface area contributed by atoms with E-state index in [9.17, 15) is 0 Å². The lowest BCUT2D eigenvalue weighted by Crippen LogP contribution is -2.09. The number of benzene rings is 1. The zero-order chi connectivity index (χ0) is 15.1. The van der Waals surface area contributed by atoms with Crippen molar-refractivity contribution in [3.8, 4) is 11.5 Å². The molecule has 0 amide bonds. The molecule has 20 heavy (non-hydrogen) atoms. The van der Waals surface area contributed by atoms with E-state index in [1.807, 2.05) is 12.1 Å². The Morgan fingerprint density at radius 1 is 1.10 bits per heavy atom. The smallest absolute Gasteiger partial charge is 0.145 e. The molecule has 1 aromatic rings. The molecule has 0 aliphatic heterocycles. The van der Waals surface area contributed by atoms with Gasteiger partial charge in [0, 0.05) is 10.4 Å². The monoisotopic (exact) mass is 362 g/mol. The van der Waals surface area contributed by atoms with E-state index in [0.29, 0.717) is 22.4 Å². The summed E-state index contributed by atoms with van der Waals surface area (Å²) in [7, 11) is 3.27. The third-order valence-corrected chi connectivity index (χ3v) is 5.14. The largest absolute Gasteiger partial charge is 0.495 e. The zero-order valence-corrected chi connectivity index (χ0v) is 15.1. The quantitative estimate of drug-likeness (QED) is 0.526. The summed E-state index contributed by atoms with van der Waals surface area (Å²) in [5, 5.41) is 0.545. The maximum atomic E-state index is 6.35. The number of rotatable bonds is 8. The van der Waals surface area contributed by atoms with Gasteiger partial charge in [-0.15, -0.1) is 0 Å². The minimum absolute atomic E-state index is 0.251. The summed E-state index contributed by atoms with van der Waals surface area (Å²) >= 11 is 10.2. The summed E-state index contributed by atoms with van der Waals surface area (Å²) in [5.41, 5.74) is 1.10. The molecule has 1 atom stereocenters. The van der Waals surface area contributed by atoms with Crippen LogP contribution in [0.5, 0.6) is 11.5 Å². The van der Waals surface area contributed by atoms with Crippen LogP contribution in [0.25, 0.3) is 0 Å². The van der Waals surface area contributed by atoms with Crippen LogP contribution < -0.4 is 9.47 Å². The molecule has 0 aromatic heterocycles. The summed E-state index contributed by atoms with van der Waals surface area (Å²) in [6.07, 6.45) is 4.74. The summed E-state index contributed by atoms with van der Waals surface area (Å²) in [6, 6.07) is 3.95. The SMILES string of the molecule is CCCC(CCC)C(Br)c1ccc(OC)c(Cl)c1OC. The van der Waals surface area contributed by atoms with E-state index in [2.05, 4.69) is 29.8 Å². The molecule has 0 saturated carbocycles. The third kappa shape index (κ3) is 4.05. The second kappa shape index (κ2) is 8.78. The van der Waals surface area contributed by atoms with Gasteiger partial charge in [0.25, 0.3) is 0 Å². The van der Waals surface area contributed by atoms with Crippen molar-refractivity contribution in [1.29, 1.82) is 0 Å². The molecule has 0 radical (unpaired) electrons. The Balaban J connectivity index is 3.13. The number of methoxy groups -OCH3 is 2. The standard InChI is InChI=1S/C16H24BrClO2/c1-5-7-11(8-6-2)14(17)12-9-10-13(19-3)15(18)16(12)20-4/h9-11,14H,5-8H2,1-4H3. The molecular formula is C16H24BrClO2. The highest BCUT2D eigenvalue weighted by Crippen LogP contribution is 2.46. The first kappa shape index (κ1) is 17.6. The van der Waals surface area contributed by atoms with Crippen molar-refractivity contribution in [3.63, 3.8) is 0 Å². The highest BCUT2D eigenvalue weighted by atomic mass is 79.9. The molecule has 114 valence electrons. The molecule has 0 aliphatic carbocycles. The lowest BCUT2D eigenvalue weighted by molar-refractivity contribution is 0.381. The Kier molecular flexibility index (Phi) is 7.75. The Morgan fingerprint density at radius 2 is 1.70 bits per heavy atom. The number of halogens is 2. The average molecular weight is 364 g/mol. The first-order valence-electron chi connectivity index (χ1n) is 7.15. The van der Waals surface area contributed by atoms with Crippen LogP contribution in [-0.2, 0) is 0 Å². The maximum Gasteiger partial charge on any atom is 0.145 e. The Labute approximate surface area is 135 Å². The highest BCUT2D eigenvalue weighted by Gasteiger charge is 2.24. The fraction of sp³-hybridized carbons (Fsp3) is 0.625. The van der Waals surface area contributed by atoms with Crippen LogP contribution in [0.2, 0.25) is 5.02 Å². The van der Waals surface area contributed by atoms with Crippen LogP contribution in [0.3, 0.4) is 0 Å². The zero-order valence-electron chi connectivity index (χ0n) is 12.7. The first-order valence-corrected chi connectivity index (χ1v) is 8.44. The number of hydrogen-bond acceptors (Lipinski definition) is 2. The Hall–Kier alpha value is -0.410. The van der Waals surface area contributed by atoms with Crippen LogP contribution in [-0.4, -0.2) is 14.2 Å². The van der Waals surface area contributed by atoms with Crippen LogP contribution in [0, 0.1) is 5.92 Å². The molecule has 0 saturated heterocycles. The third-order valence-electron chi connectivity index (χ3n) is 3.55. The van der Waals surface area contributed by atoms with Gasteiger partial charge in [0.2, 0.25) is 0 Å². The van der Waals surface area contributed by atoms with Gasteiger partial charge in [0.05, 0.1) is 14.2 Å². The van der Waals surface area contributed by atoms with E-state index in [-0.39, 0.29) is 4.83 Å². The van der Waals surface area contributed by atoms with E-state index in [1.54, 1.807) is 14.2 Å². The van der Waals surface area contributed by atoms with E-state index < -0.39 is 0 Å². The molecular weight excluding hydrogens is 340 g/mol. The van der Waals surface area contributed by atoms with E-state index in [0.717, 1.165) is 5.56 Å². The molecule has 2 nitrogen and oxygen atoms in total. The second-order valence-electron chi connectivity index (χ2n) is 4.94. The van der Waals surface area contributed by atoms with Gasteiger partial charge in [-0.3, -0.25) is 0 Å². The van der Waals surface area contributed by atoms with Gasteiger partial charge in [-0.05, 0) is 24.8 Å². The molecule has 0 heterocycles. The first-order chi connectivity index (χ1) is 9.60. The normalized spacial score (nSPS) is 12.6. The minimum Gasteiger partial charge on any atom is -0.495 e. The molecule has 4 heteroatoms. The fourth-order valence-corrected chi connectivity index (χ4v) is 3.78. The van der Waals surface area contributed by atoms with E-state index in [1.165, 1.54) is 25.7 Å². The van der Waals surface area contributed by atoms with Gasteiger partial charge < -0.3 is 9.47 Å². The summed E-state index contributed by atoms with van der Waals surface area (Å²) in [6.45, 7) is 4.45. The van der Waals surface area contributed by atoms with Crippen LogP contribution >= 0.6 is 27.5 Å². The molecule has 1 unspecified atom stereocenters. The maximum absolute atomic E-state index is 6.35. The molecule has 0 fully saturated rings. The van der Waals surface area contributed by atoms with Gasteiger partial charge in [-0.25, -0.2) is 0 Å². The fourth-order valence-electron chi connectivity index (χ4n) is 2.57. The van der Waals surface area contributed by atoms with Crippen molar-refractivity contribution in [3.05, 3.63) is 22.7 Å². The molecule has 0 aliphatic rings. The van der Waals surface area contributed by atoms with E-state index in [4.69, 9.17) is 21.1 Å². The second-order valence-corrected chi connectivity index (χ2v) is 6.31. The van der Waals surface area contributed by atoms with Crippen LogP contribution in [0.15, 0.2) is 12.1 Å². The van der Waals surface area contributed by atoms with Gasteiger partial charge in [0.15, 0.2) is 0 Å². The molecule has 0 spiro atoms. The van der Waals surface area contributed by atoms with Crippen molar-refractivity contribution in [2.45, 2.75) is 44.4 Å². The number of alkyl halides is 1. The summed E-state index contributed by atoms with van der Waals surface area (Å²) in [5.74, 6) is 1.95. The van der Waals surface area contributed by atoms with Crippen molar-refractivity contribution in [1.82, 2.24) is 0 Å². The summed E-state index contributed by atoms with van der Waals surface area (Å²) < 4.78 is 10.8. The van der Waals surface area contributed by atoms with Crippen molar-refractivity contribution in [2.24, 2.45) is 5.92 Å². The average Bonchev–Trinajstić information content (AvgIpc) is 2.46. The molecule has 0 N–H and O–H groups in total. The topological polar surface area (TPSA) is 18.5 Å². The lowest BCUT2D eigenvalue weighted by Gasteiger charge is -2.24. The van der Waals surface area contributed by atoms with Gasteiger partial charge >= 0.3 is 0 Å². The molecule has 1 rings (SSSR count). The number of ether oxygens (including phenoxy) is 2. The highest BCUT2D eigenvalue weighted by molar-refractivity contribution is 9.09. The summed E-state index contributed by atoms with van der Waals surface area (Å²) in [4.78, 5) is 0.251. The van der Waals surface area contributed by atoms with Crippen LogP contribution in [0.4, 0.5) is 0 Å². The van der Waals surface area contributed by atoms with Crippen molar-refractivity contribution < 1.29 is 9.47 Å².